The highest BCUT2D eigenvalue weighted by atomic mass is 32.2. The van der Waals surface area contributed by atoms with Gasteiger partial charge in [0.2, 0.25) is 0 Å². The predicted molar refractivity (Wildman–Crippen MR) is 70.0 cm³/mol. The van der Waals surface area contributed by atoms with Crippen molar-refractivity contribution in [2.24, 2.45) is 11.3 Å². The van der Waals surface area contributed by atoms with E-state index in [9.17, 15) is 22.8 Å². The summed E-state index contributed by atoms with van der Waals surface area (Å²) in [6.45, 7) is 3.48. The average Bonchev–Trinajstić information content (AvgIpc) is 2.89. The Morgan fingerprint density at radius 2 is 1.71 bits per heavy atom. The van der Waals surface area contributed by atoms with Gasteiger partial charge in [-0.05, 0) is 24.2 Å². The van der Waals surface area contributed by atoms with Gasteiger partial charge in [0, 0.05) is 19.3 Å². The zero-order chi connectivity index (χ0) is 15.6. The van der Waals surface area contributed by atoms with Crippen molar-refractivity contribution in [1.82, 2.24) is 5.06 Å². The lowest BCUT2D eigenvalue weighted by Gasteiger charge is -2.35. The second-order valence-corrected chi connectivity index (χ2v) is 8.28. The maximum absolute atomic E-state index is 12.7. The molecular weight excluding hydrogens is 298 g/mol. The smallest absolute Gasteiger partial charge is 0.298 e. The Balaban J connectivity index is 2.00. The number of ketones is 1. The predicted octanol–water partition coefficient (Wildman–Crippen LogP) is 0.545. The van der Waals surface area contributed by atoms with Crippen molar-refractivity contribution in [3.63, 3.8) is 0 Å². The summed E-state index contributed by atoms with van der Waals surface area (Å²) in [4.78, 5) is 35.4. The molecule has 2 atom stereocenters. The van der Waals surface area contributed by atoms with Gasteiger partial charge in [-0.1, -0.05) is 13.8 Å². The number of fused-ring (bicyclic) bond motifs is 2. The summed E-state index contributed by atoms with van der Waals surface area (Å²) in [6, 6.07) is 0. The van der Waals surface area contributed by atoms with Gasteiger partial charge in [0.1, 0.15) is 0 Å². The van der Waals surface area contributed by atoms with Crippen molar-refractivity contribution in [2.75, 3.05) is 0 Å². The Hall–Kier alpha value is -1.28. The minimum absolute atomic E-state index is 0.00615. The van der Waals surface area contributed by atoms with E-state index < -0.39 is 32.1 Å². The number of Topliss-reactive ketones (excluding diaryl/α,β-unsaturated/α-hetero) is 1. The summed E-state index contributed by atoms with van der Waals surface area (Å²) in [5, 5.41) is 0.305. The van der Waals surface area contributed by atoms with Gasteiger partial charge in [0.05, 0.1) is 0 Å². The molecule has 3 fully saturated rings. The summed E-state index contributed by atoms with van der Waals surface area (Å²) in [7, 11) is -4.40. The molecule has 2 unspecified atom stereocenters. The van der Waals surface area contributed by atoms with Gasteiger partial charge >= 0.3 is 10.1 Å². The largest absolute Gasteiger partial charge is 0.302 e. The normalized spacial score (nSPS) is 35.0. The molecule has 2 bridgehead atoms. The van der Waals surface area contributed by atoms with Crippen LogP contribution in [0.5, 0.6) is 0 Å². The van der Waals surface area contributed by atoms with Crippen molar-refractivity contribution in [2.45, 2.75) is 50.7 Å². The van der Waals surface area contributed by atoms with E-state index in [1.807, 2.05) is 0 Å². The van der Waals surface area contributed by atoms with Crippen LogP contribution in [-0.4, -0.2) is 35.8 Å². The van der Waals surface area contributed by atoms with Crippen LogP contribution in [0.15, 0.2) is 0 Å². The quantitative estimate of drug-likeness (QED) is 0.705. The zero-order valence-electron chi connectivity index (χ0n) is 11.9. The Labute approximate surface area is 122 Å². The highest BCUT2D eigenvalue weighted by Crippen LogP contribution is 2.62. The molecule has 8 heteroatoms. The first-order chi connectivity index (χ1) is 9.63. The molecule has 0 radical (unpaired) electrons. The highest BCUT2D eigenvalue weighted by molar-refractivity contribution is 7.89. The number of amides is 2. The first-order valence-corrected chi connectivity index (χ1v) is 8.37. The van der Waals surface area contributed by atoms with E-state index >= 15 is 0 Å². The summed E-state index contributed by atoms with van der Waals surface area (Å²) >= 11 is 0. The first-order valence-electron chi connectivity index (χ1n) is 6.97. The second-order valence-electron chi connectivity index (χ2n) is 6.52. The molecule has 0 aromatic carbocycles. The number of carbonyl (C=O) groups is 3. The molecule has 1 heterocycles. The van der Waals surface area contributed by atoms with Crippen LogP contribution in [0.25, 0.3) is 0 Å². The zero-order valence-corrected chi connectivity index (χ0v) is 12.7. The van der Waals surface area contributed by atoms with Crippen molar-refractivity contribution in [3.05, 3.63) is 0 Å². The maximum Gasteiger partial charge on any atom is 0.302 e. The number of imide groups is 1. The summed E-state index contributed by atoms with van der Waals surface area (Å²) in [5.41, 5.74) is -0.755. The molecular formula is C13H17NO6S. The standard InChI is InChI=1S/C13H17NO6S/c1-12(2)8-5-6-13(12,9(15)7-8)21(18,19)20-14-10(16)3-4-11(14)17/h8H,3-7H2,1-2H3. The number of carbonyl (C=O) groups excluding carboxylic acids is 3. The van der Waals surface area contributed by atoms with Crippen LogP contribution in [0.1, 0.15) is 46.0 Å². The topological polar surface area (TPSA) is 97.8 Å². The molecule has 0 N–H and O–H groups in total. The third-order valence-electron chi connectivity index (χ3n) is 5.39. The first kappa shape index (κ1) is 14.6. The van der Waals surface area contributed by atoms with Crippen LogP contribution < -0.4 is 0 Å². The van der Waals surface area contributed by atoms with Crippen LogP contribution >= 0.6 is 0 Å². The van der Waals surface area contributed by atoms with E-state index in [2.05, 4.69) is 0 Å². The van der Waals surface area contributed by atoms with E-state index in [0.29, 0.717) is 11.5 Å². The molecule has 2 amide bonds. The lowest BCUT2D eigenvalue weighted by molar-refractivity contribution is -0.164. The monoisotopic (exact) mass is 315 g/mol. The highest BCUT2D eigenvalue weighted by Gasteiger charge is 2.72. The van der Waals surface area contributed by atoms with Crippen LogP contribution in [-0.2, 0) is 28.8 Å². The van der Waals surface area contributed by atoms with Gasteiger partial charge < -0.3 is 0 Å². The average molecular weight is 315 g/mol. The van der Waals surface area contributed by atoms with E-state index in [1.165, 1.54) is 0 Å². The molecule has 1 aliphatic heterocycles. The Bertz CT molecular complexity index is 636. The number of nitrogens with zero attached hydrogens (tertiary/aromatic N) is 1. The minimum Gasteiger partial charge on any atom is -0.298 e. The van der Waals surface area contributed by atoms with Crippen molar-refractivity contribution in [1.29, 1.82) is 0 Å². The molecule has 1 saturated heterocycles. The molecule has 3 aliphatic rings. The molecule has 21 heavy (non-hydrogen) atoms. The molecule has 0 aromatic heterocycles. The van der Waals surface area contributed by atoms with Gasteiger partial charge in [-0.2, -0.15) is 8.42 Å². The lowest BCUT2D eigenvalue weighted by Crippen LogP contribution is -2.53. The fourth-order valence-electron chi connectivity index (χ4n) is 4.02. The van der Waals surface area contributed by atoms with E-state index in [4.69, 9.17) is 4.28 Å². The number of hydrogen-bond donors (Lipinski definition) is 0. The molecule has 7 nitrogen and oxygen atoms in total. The van der Waals surface area contributed by atoms with E-state index in [0.717, 1.165) is 0 Å². The minimum atomic E-state index is -4.40. The van der Waals surface area contributed by atoms with Gasteiger partial charge in [0.25, 0.3) is 11.8 Å². The van der Waals surface area contributed by atoms with Gasteiger partial charge in [-0.25, -0.2) is 0 Å². The summed E-state index contributed by atoms with van der Waals surface area (Å²) < 4.78 is 28.6. The third kappa shape index (κ3) is 1.63. The molecule has 0 aromatic rings. The number of rotatable bonds is 3. The van der Waals surface area contributed by atoms with Gasteiger partial charge in [-0.15, -0.1) is 9.35 Å². The Morgan fingerprint density at radius 1 is 1.14 bits per heavy atom. The summed E-state index contributed by atoms with van der Waals surface area (Å²) in [5.74, 6) is -1.74. The summed E-state index contributed by atoms with van der Waals surface area (Å²) in [6.07, 6.45) is 0.880. The molecule has 2 saturated carbocycles. The van der Waals surface area contributed by atoms with E-state index in [-0.39, 0.29) is 37.4 Å². The fourth-order valence-corrected chi connectivity index (χ4v) is 6.05. The van der Waals surface area contributed by atoms with Crippen LogP contribution in [0.3, 0.4) is 0 Å². The molecule has 116 valence electrons. The molecule has 3 rings (SSSR count). The maximum atomic E-state index is 12.7. The lowest BCUT2D eigenvalue weighted by atomic mass is 9.81. The third-order valence-corrected chi connectivity index (χ3v) is 7.55. The number of hydroxylamine groups is 2. The van der Waals surface area contributed by atoms with Crippen LogP contribution in [0.2, 0.25) is 0 Å². The molecule has 2 aliphatic carbocycles. The Morgan fingerprint density at radius 3 is 2.14 bits per heavy atom. The van der Waals surface area contributed by atoms with Crippen molar-refractivity contribution >= 4 is 27.7 Å². The second kappa shape index (κ2) is 4.13. The number of hydrogen-bond acceptors (Lipinski definition) is 6. The van der Waals surface area contributed by atoms with Crippen LogP contribution in [0, 0.1) is 11.3 Å². The van der Waals surface area contributed by atoms with Gasteiger partial charge in [-0.3, -0.25) is 14.4 Å². The van der Waals surface area contributed by atoms with E-state index in [1.54, 1.807) is 13.8 Å². The fraction of sp³-hybridized carbons (Fsp3) is 0.769. The SMILES string of the molecule is CC1(C)C2CCC1(S(=O)(=O)ON1C(=O)CCC1=O)C(=O)C2. The van der Waals surface area contributed by atoms with Crippen molar-refractivity contribution in [3.8, 4) is 0 Å². The van der Waals surface area contributed by atoms with Gasteiger partial charge in [0.15, 0.2) is 10.5 Å². The Kier molecular flexibility index (Phi) is 2.88. The van der Waals surface area contributed by atoms with Crippen molar-refractivity contribution < 1.29 is 27.1 Å². The molecule has 0 spiro atoms. The van der Waals surface area contributed by atoms with Crippen LogP contribution in [0.4, 0.5) is 0 Å².